The van der Waals surface area contributed by atoms with Crippen molar-refractivity contribution in [3.63, 3.8) is 0 Å². The fourth-order valence-corrected chi connectivity index (χ4v) is 1.87. The zero-order chi connectivity index (χ0) is 16.1. The summed E-state index contributed by atoms with van der Waals surface area (Å²) in [4.78, 5) is 35.0. The number of rotatable bonds is 5. The second-order valence-electron chi connectivity index (χ2n) is 4.36. The summed E-state index contributed by atoms with van der Waals surface area (Å²) in [5, 5.41) is 3.93. The average Bonchev–Trinajstić information content (AvgIpc) is 3.01. The summed E-state index contributed by atoms with van der Waals surface area (Å²) in [5.41, 5.74) is 0.953. The molecule has 0 bridgehead atoms. The van der Waals surface area contributed by atoms with Gasteiger partial charge in [0.25, 0.3) is 0 Å². The molecule has 0 amide bonds. The van der Waals surface area contributed by atoms with Crippen molar-refractivity contribution in [2.24, 2.45) is 0 Å². The Balaban J connectivity index is 2.14. The van der Waals surface area contributed by atoms with Crippen LogP contribution in [0, 0.1) is 0 Å². The zero-order valence-electron chi connectivity index (χ0n) is 12.1. The van der Waals surface area contributed by atoms with Crippen molar-refractivity contribution in [3.05, 3.63) is 53.3 Å². The number of ether oxygens (including phenoxy) is 2. The number of carbonyl (C=O) groups is 3. The molecule has 0 unspecified atom stereocenters. The number of aromatic nitrogens is 2. The average molecular weight is 302 g/mol. The summed E-state index contributed by atoms with van der Waals surface area (Å²) in [6, 6.07) is 7.53. The predicted octanol–water partition coefficient (Wildman–Crippen LogP) is 1.34. The van der Waals surface area contributed by atoms with Crippen molar-refractivity contribution < 1.29 is 23.9 Å². The minimum absolute atomic E-state index is 0.102. The highest BCUT2D eigenvalue weighted by molar-refractivity contribution is 5.98. The van der Waals surface area contributed by atoms with Crippen molar-refractivity contribution in [2.45, 2.75) is 6.54 Å². The van der Waals surface area contributed by atoms with E-state index in [9.17, 15) is 14.4 Å². The molecule has 0 aliphatic carbocycles. The molecule has 114 valence electrons. The zero-order valence-corrected chi connectivity index (χ0v) is 12.1. The Morgan fingerprint density at radius 2 is 1.55 bits per heavy atom. The third-order valence-corrected chi connectivity index (χ3v) is 3.03. The van der Waals surface area contributed by atoms with Crippen LogP contribution in [-0.4, -0.2) is 41.7 Å². The van der Waals surface area contributed by atoms with E-state index in [1.54, 1.807) is 0 Å². The van der Waals surface area contributed by atoms with Crippen molar-refractivity contribution in [1.29, 1.82) is 0 Å². The van der Waals surface area contributed by atoms with E-state index in [4.69, 9.17) is 0 Å². The molecule has 2 aromatic rings. The van der Waals surface area contributed by atoms with Gasteiger partial charge in [0.1, 0.15) is 12.2 Å². The van der Waals surface area contributed by atoms with Gasteiger partial charge in [-0.1, -0.05) is 12.1 Å². The molecule has 7 nitrogen and oxygen atoms in total. The van der Waals surface area contributed by atoms with Crippen LogP contribution in [0.4, 0.5) is 0 Å². The number of nitrogens with zero attached hydrogens (tertiary/aromatic N) is 2. The first-order valence-electron chi connectivity index (χ1n) is 6.38. The molecule has 2 rings (SSSR count). The van der Waals surface area contributed by atoms with Crippen LogP contribution in [0.1, 0.15) is 31.2 Å². The normalized spacial score (nSPS) is 10.1. The van der Waals surface area contributed by atoms with Gasteiger partial charge >= 0.3 is 11.9 Å². The molecule has 1 aromatic carbocycles. The number of hydrogen-bond acceptors (Lipinski definition) is 6. The van der Waals surface area contributed by atoms with E-state index < -0.39 is 11.9 Å². The third-order valence-electron chi connectivity index (χ3n) is 3.03. The second kappa shape index (κ2) is 6.66. The SMILES string of the molecule is COC(=O)c1ccc(C(=O)Cn2nccc2C(=O)OC)cc1. The van der Waals surface area contributed by atoms with E-state index in [0.717, 1.165) is 0 Å². The largest absolute Gasteiger partial charge is 0.465 e. The quantitative estimate of drug-likeness (QED) is 0.612. The van der Waals surface area contributed by atoms with Gasteiger partial charge in [-0.15, -0.1) is 0 Å². The third kappa shape index (κ3) is 3.20. The Bertz CT molecular complexity index is 703. The highest BCUT2D eigenvalue weighted by Crippen LogP contribution is 2.09. The second-order valence-corrected chi connectivity index (χ2v) is 4.36. The molecule has 0 fully saturated rings. The molecular weight excluding hydrogens is 288 g/mol. The summed E-state index contributed by atoms with van der Waals surface area (Å²) in [6.07, 6.45) is 1.42. The molecule has 1 heterocycles. The maximum Gasteiger partial charge on any atom is 0.356 e. The molecule has 0 saturated heterocycles. The van der Waals surface area contributed by atoms with Crippen molar-refractivity contribution in [3.8, 4) is 0 Å². The van der Waals surface area contributed by atoms with Crippen molar-refractivity contribution in [2.75, 3.05) is 14.2 Å². The summed E-state index contributed by atoms with van der Waals surface area (Å²) >= 11 is 0. The minimum atomic E-state index is -0.564. The number of methoxy groups -OCH3 is 2. The molecule has 22 heavy (non-hydrogen) atoms. The topological polar surface area (TPSA) is 87.5 Å². The molecule has 7 heteroatoms. The summed E-state index contributed by atoms with van der Waals surface area (Å²) in [5.74, 6) is -1.28. The fourth-order valence-electron chi connectivity index (χ4n) is 1.87. The summed E-state index contributed by atoms with van der Waals surface area (Å²) in [6.45, 7) is -0.102. The lowest BCUT2D eigenvalue weighted by Crippen LogP contribution is -2.17. The Labute approximate surface area is 126 Å². The lowest BCUT2D eigenvalue weighted by atomic mass is 10.1. The molecule has 1 aromatic heterocycles. The van der Waals surface area contributed by atoms with Gasteiger partial charge in [0, 0.05) is 11.8 Å². The van der Waals surface area contributed by atoms with Crippen LogP contribution in [0.5, 0.6) is 0 Å². The first-order valence-corrected chi connectivity index (χ1v) is 6.38. The monoisotopic (exact) mass is 302 g/mol. The van der Waals surface area contributed by atoms with E-state index >= 15 is 0 Å². The highest BCUT2D eigenvalue weighted by Gasteiger charge is 2.16. The Morgan fingerprint density at radius 3 is 2.14 bits per heavy atom. The van der Waals surface area contributed by atoms with Gasteiger partial charge in [-0.3, -0.25) is 9.48 Å². The first-order chi connectivity index (χ1) is 10.6. The molecule has 0 spiro atoms. The number of esters is 2. The lowest BCUT2D eigenvalue weighted by molar-refractivity contribution is 0.0581. The maximum absolute atomic E-state index is 12.2. The van der Waals surface area contributed by atoms with Gasteiger partial charge in [-0.25, -0.2) is 9.59 Å². The van der Waals surface area contributed by atoms with E-state index in [0.29, 0.717) is 11.1 Å². The maximum atomic E-state index is 12.2. The van der Waals surface area contributed by atoms with Crippen molar-refractivity contribution >= 4 is 17.7 Å². The van der Waals surface area contributed by atoms with E-state index in [-0.39, 0.29) is 18.0 Å². The van der Waals surface area contributed by atoms with Crippen LogP contribution in [0.2, 0.25) is 0 Å². The highest BCUT2D eigenvalue weighted by atomic mass is 16.5. The van der Waals surface area contributed by atoms with Gasteiger partial charge in [0.15, 0.2) is 5.78 Å². The van der Waals surface area contributed by atoms with E-state index in [2.05, 4.69) is 14.6 Å². The van der Waals surface area contributed by atoms with E-state index in [1.807, 2.05) is 0 Å². The van der Waals surface area contributed by atoms with Gasteiger partial charge in [-0.05, 0) is 18.2 Å². The van der Waals surface area contributed by atoms with Crippen LogP contribution in [0.3, 0.4) is 0 Å². The van der Waals surface area contributed by atoms with Crippen LogP contribution >= 0.6 is 0 Å². The molecule has 0 aliphatic heterocycles. The number of hydrogen-bond donors (Lipinski definition) is 0. The molecule has 0 N–H and O–H groups in total. The fraction of sp³-hybridized carbons (Fsp3) is 0.200. The Kier molecular flexibility index (Phi) is 4.67. The Morgan fingerprint density at radius 1 is 0.955 bits per heavy atom. The number of carbonyl (C=O) groups excluding carboxylic acids is 3. The van der Waals surface area contributed by atoms with Crippen LogP contribution < -0.4 is 0 Å². The van der Waals surface area contributed by atoms with Crippen LogP contribution in [0.15, 0.2) is 36.5 Å². The summed E-state index contributed by atoms with van der Waals surface area (Å²) < 4.78 is 10.5. The number of benzene rings is 1. The minimum Gasteiger partial charge on any atom is -0.465 e. The molecular formula is C15H14N2O5. The first kappa shape index (κ1) is 15.4. The van der Waals surface area contributed by atoms with Crippen molar-refractivity contribution in [1.82, 2.24) is 9.78 Å². The van der Waals surface area contributed by atoms with Gasteiger partial charge in [0.2, 0.25) is 0 Å². The molecule has 0 aliphatic rings. The lowest BCUT2D eigenvalue weighted by Gasteiger charge is -2.06. The smallest absolute Gasteiger partial charge is 0.356 e. The summed E-state index contributed by atoms with van der Waals surface area (Å²) in [7, 11) is 2.54. The molecule has 0 saturated carbocycles. The van der Waals surface area contributed by atoms with Crippen LogP contribution in [0.25, 0.3) is 0 Å². The van der Waals surface area contributed by atoms with Gasteiger partial charge in [-0.2, -0.15) is 5.10 Å². The van der Waals surface area contributed by atoms with E-state index in [1.165, 1.54) is 55.4 Å². The Hall–Kier alpha value is -2.96. The number of ketones is 1. The van der Waals surface area contributed by atoms with Crippen LogP contribution in [-0.2, 0) is 16.0 Å². The van der Waals surface area contributed by atoms with Gasteiger partial charge in [0.05, 0.1) is 19.8 Å². The number of Topliss-reactive ketones (excluding diaryl/α,β-unsaturated/α-hetero) is 1. The molecule has 0 radical (unpaired) electrons. The molecule has 0 atom stereocenters. The van der Waals surface area contributed by atoms with Gasteiger partial charge < -0.3 is 9.47 Å². The predicted molar refractivity (Wildman–Crippen MR) is 75.7 cm³/mol. The standard InChI is InChI=1S/C15H14N2O5/c1-21-14(19)11-5-3-10(4-6-11)13(18)9-17-12(7-8-16-17)15(20)22-2/h3-8H,9H2,1-2H3.